The van der Waals surface area contributed by atoms with Crippen LogP contribution in [0.15, 0.2) is 23.9 Å². The Balaban J connectivity index is 5.43. The molecular weight excluding hydrogens is 254 g/mol. The number of rotatable bonds is 4. The van der Waals surface area contributed by atoms with Crippen LogP contribution in [0.25, 0.3) is 0 Å². The Kier molecular flexibility index (Phi) is 6.80. The number of nitrogens with zero attached hydrogens (tertiary/aromatic N) is 1. The number of methoxy groups -OCH3 is 2. The lowest BCUT2D eigenvalue weighted by atomic mass is 10.3. The van der Waals surface area contributed by atoms with Crippen molar-refractivity contribution in [2.75, 3.05) is 14.2 Å². The highest BCUT2D eigenvalue weighted by molar-refractivity contribution is 6.03. The van der Waals surface area contributed by atoms with Crippen LogP contribution in [0.1, 0.15) is 13.8 Å². The van der Waals surface area contributed by atoms with Gasteiger partial charge < -0.3 is 9.47 Å². The van der Waals surface area contributed by atoms with Crippen molar-refractivity contribution in [2.24, 2.45) is 0 Å². The van der Waals surface area contributed by atoms with Gasteiger partial charge >= 0.3 is 11.9 Å². The molecule has 0 aliphatic rings. The second-order valence-electron chi connectivity index (χ2n) is 3.30. The van der Waals surface area contributed by atoms with E-state index in [1.165, 1.54) is 13.2 Å². The highest BCUT2D eigenvalue weighted by Gasteiger charge is 2.24. The van der Waals surface area contributed by atoms with Gasteiger partial charge in [0.05, 0.1) is 14.2 Å². The standard InChI is InChI=1S/C12H15NO6/c1-8(14)13(9(2)15)10(12(17)19-4)6-5-7-11(16)18-3/h5-7H,1-4H3. The van der Waals surface area contributed by atoms with Gasteiger partial charge in [-0.25, -0.2) is 14.5 Å². The van der Waals surface area contributed by atoms with E-state index in [-0.39, 0.29) is 5.70 Å². The number of hydrogen-bond donors (Lipinski definition) is 0. The number of allylic oxidation sites excluding steroid dienone is 2. The van der Waals surface area contributed by atoms with Gasteiger partial charge in [0, 0.05) is 19.9 Å². The van der Waals surface area contributed by atoms with Gasteiger partial charge in [0.15, 0.2) is 0 Å². The SMILES string of the molecule is COC(=O)C=CC=C(C(=O)OC)N(C(C)=O)C(C)=O. The molecule has 104 valence electrons. The van der Waals surface area contributed by atoms with Gasteiger partial charge in [-0.1, -0.05) is 6.08 Å². The fourth-order valence-corrected chi connectivity index (χ4v) is 1.19. The molecule has 19 heavy (non-hydrogen) atoms. The lowest BCUT2D eigenvalue weighted by molar-refractivity contribution is -0.147. The molecule has 7 heteroatoms. The Bertz CT molecular complexity index is 435. The van der Waals surface area contributed by atoms with Gasteiger partial charge in [0.1, 0.15) is 5.70 Å². The summed E-state index contributed by atoms with van der Waals surface area (Å²) in [7, 11) is 2.30. The van der Waals surface area contributed by atoms with E-state index in [4.69, 9.17) is 0 Å². The number of hydrogen-bond acceptors (Lipinski definition) is 6. The molecule has 0 aliphatic heterocycles. The summed E-state index contributed by atoms with van der Waals surface area (Å²) < 4.78 is 8.83. The Hall–Kier alpha value is -2.44. The van der Waals surface area contributed by atoms with Crippen LogP contribution in [-0.4, -0.2) is 42.9 Å². The first kappa shape index (κ1) is 16.6. The van der Waals surface area contributed by atoms with Crippen molar-refractivity contribution in [1.29, 1.82) is 0 Å². The predicted octanol–water partition coefficient (Wildman–Crippen LogP) is 0.167. The molecule has 0 heterocycles. The van der Waals surface area contributed by atoms with E-state index in [0.29, 0.717) is 4.90 Å². The minimum Gasteiger partial charge on any atom is -0.466 e. The average Bonchev–Trinajstić information content (AvgIpc) is 2.35. The predicted molar refractivity (Wildman–Crippen MR) is 64.5 cm³/mol. The fourth-order valence-electron chi connectivity index (χ4n) is 1.19. The zero-order valence-electron chi connectivity index (χ0n) is 11.1. The van der Waals surface area contributed by atoms with Crippen molar-refractivity contribution in [2.45, 2.75) is 13.8 Å². The van der Waals surface area contributed by atoms with Crippen LogP contribution >= 0.6 is 0 Å². The molecule has 0 radical (unpaired) electrons. The summed E-state index contributed by atoms with van der Waals surface area (Å²) in [6.07, 6.45) is 3.32. The second-order valence-corrected chi connectivity index (χ2v) is 3.30. The highest BCUT2D eigenvalue weighted by atomic mass is 16.5. The molecule has 7 nitrogen and oxygen atoms in total. The van der Waals surface area contributed by atoms with Crippen molar-refractivity contribution in [3.8, 4) is 0 Å². The summed E-state index contributed by atoms with van der Waals surface area (Å²) in [5.41, 5.74) is -0.289. The zero-order valence-corrected chi connectivity index (χ0v) is 11.1. The van der Waals surface area contributed by atoms with E-state index >= 15 is 0 Å². The maximum atomic E-state index is 11.5. The molecule has 0 aliphatic carbocycles. The van der Waals surface area contributed by atoms with Crippen molar-refractivity contribution in [1.82, 2.24) is 4.90 Å². The van der Waals surface area contributed by atoms with E-state index in [1.807, 2.05) is 0 Å². The molecule has 0 atom stereocenters. The number of imide groups is 1. The number of carbonyl (C=O) groups excluding carboxylic acids is 4. The first-order chi connectivity index (χ1) is 8.84. The molecule has 2 amide bonds. The van der Waals surface area contributed by atoms with Gasteiger partial charge in [0.2, 0.25) is 11.8 Å². The summed E-state index contributed by atoms with van der Waals surface area (Å²) in [6, 6.07) is 0. The molecule has 0 unspecified atom stereocenters. The highest BCUT2D eigenvalue weighted by Crippen LogP contribution is 2.08. The van der Waals surface area contributed by atoms with Crippen LogP contribution in [0.3, 0.4) is 0 Å². The molecule has 0 aromatic heterocycles. The number of amides is 2. The van der Waals surface area contributed by atoms with E-state index in [1.54, 1.807) is 0 Å². The minimum atomic E-state index is -0.875. The summed E-state index contributed by atoms with van der Waals surface area (Å²) >= 11 is 0. The second kappa shape index (κ2) is 7.80. The van der Waals surface area contributed by atoms with Crippen molar-refractivity contribution < 1.29 is 28.7 Å². The molecule has 0 spiro atoms. The summed E-state index contributed by atoms with van der Waals surface area (Å²) in [5, 5.41) is 0. The minimum absolute atomic E-state index is 0.289. The van der Waals surface area contributed by atoms with E-state index in [0.717, 1.165) is 33.1 Å². The Morgan fingerprint density at radius 1 is 0.947 bits per heavy atom. The molecule has 0 aromatic rings. The maximum Gasteiger partial charge on any atom is 0.355 e. The molecular formula is C12H15NO6. The van der Waals surface area contributed by atoms with Crippen molar-refractivity contribution in [3.63, 3.8) is 0 Å². The van der Waals surface area contributed by atoms with Crippen LogP contribution in [0.4, 0.5) is 0 Å². The monoisotopic (exact) mass is 269 g/mol. The van der Waals surface area contributed by atoms with Crippen LogP contribution < -0.4 is 0 Å². The molecule has 0 N–H and O–H groups in total. The zero-order chi connectivity index (χ0) is 15.0. The number of carbonyl (C=O) groups is 4. The molecule has 0 aromatic carbocycles. The third-order valence-corrected chi connectivity index (χ3v) is 1.95. The van der Waals surface area contributed by atoms with Gasteiger partial charge in [0.25, 0.3) is 0 Å². The fraction of sp³-hybridized carbons (Fsp3) is 0.333. The molecule has 0 rings (SSSR count). The Morgan fingerprint density at radius 2 is 1.47 bits per heavy atom. The van der Waals surface area contributed by atoms with Gasteiger partial charge in [-0.15, -0.1) is 0 Å². The summed E-state index contributed by atoms with van der Waals surface area (Å²) in [5.74, 6) is -2.80. The van der Waals surface area contributed by atoms with E-state index in [9.17, 15) is 19.2 Å². The average molecular weight is 269 g/mol. The Labute approximate surface area is 110 Å². The first-order valence-corrected chi connectivity index (χ1v) is 5.21. The molecule has 0 saturated heterocycles. The summed E-state index contributed by atoms with van der Waals surface area (Å²) in [4.78, 5) is 45.7. The van der Waals surface area contributed by atoms with Gasteiger partial charge in [-0.3, -0.25) is 9.59 Å². The molecule has 0 bridgehead atoms. The van der Waals surface area contributed by atoms with E-state index < -0.39 is 23.8 Å². The van der Waals surface area contributed by atoms with Gasteiger partial charge in [-0.05, 0) is 6.08 Å². The van der Waals surface area contributed by atoms with Crippen LogP contribution in [-0.2, 0) is 28.7 Å². The molecule has 0 fully saturated rings. The van der Waals surface area contributed by atoms with Crippen molar-refractivity contribution >= 4 is 23.8 Å². The Morgan fingerprint density at radius 3 is 1.84 bits per heavy atom. The smallest absolute Gasteiger partial charge is 0.355 e. The third kappa shape index (κ3) is 5.15. The number of ether oxygens (including phenoxy) is 2. The quantitative estimate of drug-likeness (QED) is 0.410. The largest absolute Gasteiger partial charge is 0.466 e. The number of esters is 2. The van der Waals surface area contributed by atoms with Gasteiger partial charge in [-0.2, -0.15) is 0 Å². The normalized spacial score (nSPS) is 11.1. The topological polar surface area (TPSA) is 90.0 Å². The summed E-state index contributed by atoms with van der Waals surface area (Å²) in [6.45, 7) is 2.25. The van der Waals surface area contributed by atoms with Crippen LogP contribution in [0.5, 0.6) is 0 Å². The van der Waals surface area contributed by atoms with E-state index in [2.05, 4.69) is 9.47 Å². The van der Waals surface area contributed by atoms with Crippen molar-refractivity contribution in [3.05, 3.63) is 23.9 Å². The molecule has 0 saturated carbocycles. The first-order valence-electron chi connectivity index (χ1n) is 5.21. The third-order valence-electron chi connectivity index (χ3n) is 1.95. The van der Waals surface area contributed by atoms with Crippen LogP contribution in [0.2, 0.25) is 0 Å². The van der Waals surface area contributed by atoms with Crippen LogP contribution in [0, 0.1) is 0 Å². The maximum absolute atomic E-state index is 11.5. The lowest BCUT2D eigenvalue weighted by Gasteiger charge is -2.18. The lowest BCUT2D eigenvalue weighted by Crippen LogP contribution is -2.36.